The van der Waals surface area contributed by atoms with Crippen LogP contribution in [-0.4, -0.2) is 12.1 Å². The third kappa shape index (κ3) is 3.52. The molecule has 2 rings (SSSR count). The lowest BCUT2D eigenvalue weighted by Gasteiger charge is -2.00. The molecule has 0 N–H and O–H groups in total. The van der Waals surface area contributed by atoms with Gasteiger partial charge in [-0.25, -0.2) is 0 Å². The maximum atomic E-state index is 6.01. The van der Waals surface area contributed by atoms with E-state index in [1.165, 1.54) is 0 Å². The zero-order chi connectivity index (χ0) is 12.8. The van der Waals surface area contributed by atoms with Crippen molar-refractivity contribution >= 4 is 29.4 Å². The Hall–Kier alpha value is -1.45. The van der Waals surface area contributed by atoms with E-state index in [0.29, 0.717) is 5.02 Å². The molecule has 0 radical (unpaired) electrons. The SMILES string of the molecule is COc1ccc(S/C=C/c2ncccc2Cl)cc1. The lowest BCUT2D eigenvalue weighted by atomic mass is 10.3. The van der Waals surface area contributed by atoms with E-state index in [4.69, 9.17) is 16.3 Å². The van der Waals surface area contributed by atoms with Crippen LogP contribution in [0.15, 0.2) is 52.9 Å². The highest BCUT2D eigenvalue weighted by Gasteiger charge is 1.96. The number of hydrogen-bond donors (Lipinski definition) is 0. The molecule has 0 fully saturated rings. The van der Waals surface area contributed by atoms with Gasteiger partial charge in [-0.3, -0.25) is 4.98 Å². The third-order valence-corrected chi connectivity index (χ3v) is 3.41. The normalized spacial score (nSPS) is 10.8. The Morgan fingerprint density at radius 2 is 2.00 bits per heavy atom. The summed E-state index contributed by atoms with van der Waals surface area (Å²) in [4.78, 5) is 5.32. The molecule has 0 aliphatic heterocycles. The molecule has 0 aliphatic carbocycles. The second-order valence-electron chi connectivity index (χ2n) is 3.47. The van der Waals surface area contributed by atoms with E-state index in [1.54, 1.807) is 25.1 Å². The van der Waals surface area contributed by atoms with E-state index in [2.05, 4.69) is 4.98 Å². The van der Waals surface area contributed by atoms with Crippen LogP contribution in [-0.2, 0) is 0 Å². The Kier molecular flexibility index (Phi) is 4.67. The molecule has 1 aromatic carbocycles. The van der Waals surface area contributed by atoms with Crippen molar-refractivity contribution in [3.05, 3.63) is 58.7 Å². The van der Waals surface area contributed by atoms with Gasteiger partial charge in [0.05, 0.1) is 17.8 Å². The molecule has 18 heavy (non-hydrogen) atoms. The number of halogens is 1. The monoisotopic (exact) mass is 277 g/mol. The first-order valence-corrected chi connectivity index (χ1v) is 6.63. The zero-order valence-electron chi connectivity index (χ0n) is 9.84. The van der Waals surface area contributed by atoms with Crippen LogP contribution < -0.4 is 4.74 Å². The van der Waals surface area contributed by atoms with Gasteiger partial charge < -0.3 is 4.74 Å². The molecule has 0 amide bonds. The maximum absolute atomic E-state index is 6.01. The molecule has 0 unspecified atom stereocenters. The fraction of sp³-hybridized carbons (Fsp3) is 0.0714. The minimum atomic E-state index is 0.657. The van der Waals surface area contributed by atoms with Crippen molar-refractivity contribution in [1.82, 2.24) is 4.98 Å². The molecule has 0 saturated heterocycles. The fourth-order valence-corrected chi connectivity index (χ4v) is 2.18. The van der Waals surface area contributed by atoms with E-state index in [-0.39, 0.29) is 0 Å². The van der Waals surface area contributed by atoms with Crippen molar-refractivity contribution in [3.8, 4) is 5.75 Å². The summed E-state index contributed by atoms with van der Waals surface area (Å²) in [7, 11) is 1.66. The summed E-state index contributed by atoms with van der Waals surface area (Å²) in [5, 5.41) is 2.62. The van der Waals surface area contributed by atoms with Gasteiger partial charge in [0.15, 0.2) is 0 Å². The zero-order valence-corrected chi connectivity index (χ0v) is 11.4. The second-order valence-corrected chi connectivity index (χ2v) is 4.85. The topological polar surface area (TPSA) is 22.1 Å². The second kappa shape index (κ2) is 6.47. The summed E-state index contributed by atoms with van der Waals surface area (Å²) in [6.45, 7) is 0. The van der Waals surface area contributed by atoms with Gasteiger partial charge >= 0.3 is 0 Å². The first-order chi connectivity index (χ1) is 8.79. The highest BCUT2D eigenvalue weighted by molar-refractivity contribution is 8.02. The summed E-state index contributed by atoms with van der Waals surface area (Å²) in [5.74, 6) is 0.858. The van der Waals surface area contributed by atoms with Crippen LogP contribution in [0.1, 0.15) is 5.69 Å². The molecule has 0 spiro atoms. The summed E-state index contributed by atoms with van der Waals surface area (Å²) in [6, 6.07) is 11.5. The fourth-order valence-electron chi connectivity index (χ4n) is 1.35. The van der Waals surface area contributed by atoms with Crippen LogP contribution in [0.3, 0.4) is 0 Å². The van der Waals surface area contributed by atoms with Crippen LogP contribution in [0.25, 0.3) is 6.08 Å². The molecule has 92 valence electrons. The number of rotatable bonds is 4. The van der Waals surface area contributed by atoms with Gasteiger partial charge in [-0.1, -0.05) is 23.4 Å². The molecule has 1 aromatic heterocycles. The number of thioether (sulfide) groups is 1. The van der Waals surface area contributed by atoms with Gasteiger partial charge in [0.2, 0.25) is 0 Å². The van der Waals surface area contributed by atoms with Crippen molar-refractivity contribution in [3.63, 3.8) is 0 Å². The number of nitrogens with zero attached hydrogens (tertiary/aromatic N) is 1. The average molecular weight is 278 g/mol. The number of ether oxygens (including phenoxy) is 1. The number of benzene rings is 1. The predicted molar refractivity (Wildman–Crippen MR) is 77.1 cm³/mol. The van der Waals surface area contributed by atoms with Crippen LogP contribution in [0.5, 0.6) is 5.75 Å². The smallest absolute Gasteiger partial charge is 0.118 e. The van der Waals surface area contributed by atoms with Gasteiger partial charge in [0.25, 0.3) is 0 Å². The number of pyridine rings is 1. The highest BCUT2D eigenvalue weighted by atomic mass is 35.5. The Balaban J connectivity index is 2.00. The van der Waals surface area contributed by atoms with Crippen molar-refractivity contribution in [1.29, 1.82) is 0 Å². The molecule has 1 heterocycles. The van der Waals surface area contributed by atoms with Crippen LogP contribution in [0.2, 0.25) is 5.02 Å². The summed E-state index contributed by atoms with van der Waals surface area (Å²) in [6.07, 6.45) is 3.63. The van der Waals surface area contributed by atoms with Gasteiger partial charge in [0, 0.05) is 11.1 Å². The molecule has 4 heteroatoms. The van der Waals surface area contributed by atoms with Crippen molar-refractivity contribution in [2.24, 2.45) is 0 Å². The minimum Gasteiger partial charge on any atom is -0.497 e. The Labute approximate surface area is 116 Å². The average Bonchev–Trinajstić information content (AvgIpc) is 2.42. The van der Waals surface area contributed by atoms with Crippen molar-refractivity contribution < 1.29 is 4.74 Å². The summed E-state index contributed by atoms with van der Waals surface area (Å²) < 4.78 is 5.10. The van der Waals surface area contributed by atoms with E-state index in [9.17, 15) is 0 Å². The quantitative estimate of drug-likeness (QED) is 0.768. The molecule has 0 atom stereocenters. The van der Waals surface area contributed by atoms with Gasteiger partial charge in [-0.2, -0.15) is 0 Å². The van der Waals surface area contributed by atoms with E-state index in [0.717, 1.165) is 16.3 Å². The van der Waals surface area contributed by atoms with Gasteiger partial charge in [0.1, 0.15) is 5.75 Å². The molecule has 0 bridgehead atoms. The highest BCUT2D eigenvalue weighted by Crippen LogP contribution is 2.23. The molecule has 2 aromatic rings. The Morgan fingerprint density at radius 1 is 1.22 bits per heavy atom. The van der Waals surface area contributed by atoms with Gasteiger partial charge in [-0.15, -0.1) is 0 Å². The lowest BCUT2D eigenvalue weighted by Crippen LogP contribution is -1.81. The molecular weight excluding hydrogens is 266 g/mol. The summed E-state index contributed by atoms with van der Waals surface area (Å²) in [5.41, 5.74) is 0.778. The van der Waals surface area contributed by atoms with Crippen molar-refractivity contribution in [2.75, 3.05) is 7.11 Å². The van der Waals surface area contributed by atoms with Crippen LogP contribution in [0.4, 0.5) is 0 Å². The summed E-state index contributed by atoms with van der Waals surface area (Å²) >= 11 is 7.61. The first-order valence-electron chi connectivity index (χ1n) is 5.37. The minimum absolute atomic E-state index is 0.657. The maximum Gasteiger partial charge on any atom is 0.118 e. The van der Waals surface area contributed by atoms with Crippen molar-refractivity contribution in [2.45, 2.75) is 4.90 Å². The van der Waals surface area contributed by atoms with Crippen LogP contribution >= 0.6 is 23.4 Å². The number of methoxy groups -OCH3 is 1. The van der Waals surface area contributed by atoms with E-state index < -0.39 is 0 Å². The molecular formula is C14H12ClNOS. The lowest BCUT2D eigenvalue weighted by molar-refractivity contribution is 0.414. The van der Waals surface area contributed by atoms with Gasteiger partial charge in [-0.05, 0) is 47.9 Å². The standard InChI is InChI=1S/C14H12ClNOS/c1-17-11-4-6-12(7-5-11)18-10-8-14-13(15)3-2-9-16-14/h2-10H,1H3/b10-8+. The van der Waals surface area contributed by atoms with Crippen LogP contribution in [0, 0.1) is 0 Å². The predicted octanol–water partition coefficient (Wildman–Crippen LogP) is 4.51. The molecule has 2 nitrogen and oxygen atoms in total. The Bertz CT molecular complexity index is 540. The first kappa shape index (κ1) is 13.0. The third-order valence-electron chi connectivity index (χ3n) is 2.28. The number of hydrogen-bond acceptors (Lipinski definition) is 3. The van der Waals surface area contributed by atoms with E-state index in [1.807, 2.05) is 47.9 Å². The number of aromatic nitrogens is 1. The van der Waals surface area contributed by atoms with E-state index >= 15 is 0 Å². The largest absolute Gasteiger partial charge is 0.497 e. The molecule has 0 aliphatic rings. The molecule has 0 saturated carbocycles. The Morgan fingerprint density at radius 3 is 2.67 bits per heavy atom.